The number of ether oxygens (including phenoxy) is 2. The number of aliphatic hydroxyl groups excluding tert-OH is 2. The van der Waals surface area contributed by atoms with Crippen LogP contribution in [-0.4, -0.2) is 66.3 Å². The number of esters is 1. The molecule has 0 aliphatic carbocycles. The Bertz CT molecular complexity index is 1190. The first kappa shape index (κ1) is 59.9. The Morgan fingerprint density at radius 1 is 0.500 bits per heavy atom. The Kier molecular flexibility index (Phi) is 46.7. The maximum atomic E-state index is 12.7. The van der Waals surface area contributed by atoms with Gasteiger partial charge in [0.25, 0.3) is 0 Å². The number of aliphatic hydroxyl groups is 2. The SMILES string of the molecule is CCCCC/C=C\C/C=C\C/C=C\CCCCCCCCCOCC(COP(=O)(O)OCC(O)CO)OC(=O)CCCCCCCC/C=C\C/C=C\C/C=C\CCCCCCC. The molecule has 0 bridgehead atoms. The minimum atomic E-state index is -4.53. The summed E-state index contributed by atoms with van der Waals surface area (Å²) in [6.07, 6.45) is 58.6. The van der Waals surface area contributed by atoms with Gasteiger partial charge in [0.15, 0.2) is 0 Å². The van der Waals surface area contributed by atoms with E-state index in [-0.39, 0.29) is 13.0 Å². The van der Waals surface area contributed by atoms with Gasteiger partial charge in [0.1, 0.15) is 12.2 Å². The number of phosphoric ester groups is 1. The van der Waals surface area contributed by atoms with E-state index in [2.05, 4.69) is 86.8 Å². The van der Waals surface area contributed by atoms with E-state index in [1.807, 2.05) is 0 Å². The van der Waals surface area contributed by atoms with Crippen LogP contribution in [0.25, 0.3) is 0 Å². The highest BCUT2D eigenvalue weighted by Gasteiger charge is 2.26. The van der Waals surface area contributed by atoms with E-state index in [1.54, 1.807) is 0 Å². The summed E-state index contributed by atoms with van der Waals surface area (Å²) in [7, 11) is -4.53. The highest BCUT2D eigenvalue weighted by Crippen LogP contribution is 2.43. The van der Waals surface area contributed by atoms with Gasteiger partial charge < -0.3 is 24.6 Å². The number of hydrogen-bond donors (Lipinski definition) is 3. The summed E-state index contributed by atoms with van der Waals surface area (Å²) in [5, 5.41) is 18.4. The first-order valence-electron chi connectivity index (χ1n) is 24.9. The lowest BCUT2D eigenvalue weighted by Crippen LogP contribution is -2.29. The number of carbonyl (C=O) groups excluding carboxylic acids is 1. The van der Waals surface area contributed by atoms with Crippen LogP contribution in [0.1, 0.15) is 206 Å². The highest BCUT2D eigenvalue weighted by molar-refractivity contribution is 7.47. The van der Waals surface area contributed by atoms with Gasteiger partial charge in [-0.15, -0.1) is 0 Å². The van der Waals surface area contributed by atoms with Gasteiger partial charge in [-0.3, -0.25) is 13.8 Å². The third-order valence-corrected chi connectivity index (χ3v) is 11.3. The van der Waals surface area contributed by atoms with Gasteiger partial charge in [0.05, 0.1) is 26.4 Å². The Morgan fingerprint density at radius 3 is 1.34 bits per heavy atom. The van der Waals surface area contributed by atoms with Crippen LogP contribution in [-0.2, 0) is 27.9 Å². The number of allylic oxidation sites excluding steroid dienone is 12. The minimum absolute atomic E-state index is 0.0336. The predicted octanol–water partition coefficient (Wildman–Crippen LogP) is 14.5. The van der Waals surface area contributed by atoms with E-state index in [0.29, 0.717) is 13.0 Å². The fourth-order valence-electron chi connectivity index (χ4n) is 6.55. The molecule has 0 saturated heterocycles. The maximum Gasteiger partial charge on any atom is 0.472 e. The van der Waals surface area contributed by atoms with Crippen LogP contribution in [0.15, 0.2) is 72.9 Å². The molecule has 0 saturated carbocycles. The largest absolute Gasteiger partial charge is 0.472 e. The van der Waals surface area contributed by atoms with Crippen molar-refractivity contribution in [3.05, 3.63) is 72.9 Å². The van der Waals surface area contributed by atoms with E-state index in [9.17, 15) is 19.4 Å². The van der Waals surface area contributed by atoms with Gasteiger partial charge in [-0.1, -0.05) is 183 Å². The molecular formula is C52H93O9P. The summed E-state index contributed by atoms with van der Waals surface area (Å²) in [6, 6.07) is 0. The number of carbonyl (C=O) groups is 1. The maximum absolute atomic E-state index is 12.7. The first-order chi connectivity index (χ1) is 30.3. The van der Waals surface area contributed by atoms with Crippen LogP contribution < -0.4 is 0 Å². The Balaban J connectivity index is 4.17. The summed E-state index contributed by atoms with van der Waals surface area (Å²) in [5.41, 5.74) is 0. The molecular weight excluding hydrogens is 800 g/mol. The van der Waals surface area contributed by atoms with Crippen LogP contribution >= 0.6 is 7.82 Å². The average molecular weight is 893 g/mol. The van der Waals surface area contributed by atoms with Gasteiger partial charge in [-0.2, -0.15) is 0 Å². The quantitative estimate of drug-likeness (QED) is 0.0236. The van der Waals surface area contributed by atoms with Crippen LogP contribution in [0.3, 0.4) is 0 Å². The molecule has 0 radical (unpaired) electrons. The summed E-state index contributed by atoms with van der Waals surface area (Å²) < 4.78 is 33.5. The first-order valence-corrected chi connectivity index (χ1v) is 26.4. The zero-order valence-corrected chi connectivity index (χ0v) is 40.5. The standard InChI is InChI=1S/C52H93O9P/c1-3-5-7-9-11-13-15-17-19-21-23-25-26-28-30-32-34-36-38-40-42-44-52(55)61-51(49-60-62(56,57)59-47-50(54)46-53)48-58-45-43-41-39-37-35-33-31-29-27-24-22-20-18-16-14-12-10-8-6-4-2/h12,14-15,17-18,20-21,23-24,26-28,50-51,53-54H,3-11,13,16,19,22,25,29-49H2,1-2H3,(H,56,57)/b14-12-,17-15-,20-18-,23-21-,27-24-,28-26-. The van der Waals surface area contributed by atoms with E-state index in [0.717, 1.165) is 89.9 Å². The summed E-state index contributed by atoms with van der Waals surface area (Å²) in [6.45, 7) is 3.44. The van der Waals surface area contributed by atoms with Crippen molar-refractivity contribution in [2.45, 2.75) is 219 Å². The third kappa shape index (κ3) is 47.4. The Hall–Kier alpha value is -2.10. The van der Waals surface area contributed by atoms with E-state index < -0.39 is 45.8 Å². The molecule has 62 heavy (non-hydrogen) atoms. The molecule has 0 aromatic heterocycles. The van der Waals surface area contributed by atoms with Crippen LogP contribution in [0.2, 0.25) is 0 Å². The molecule has 3 unspecified atom stereocenters. The van der Waals surface area contributed by atoms with Crippen molar-refractivity contribution in [1.29, 1.82) is 0 Å². The van der Waals surface area contributed by atoms with Crippen molar-refractivity contribution in [3.63, 3.8) is 0 Å². The van der Waals surface area contributed by atoms with Crippen molar-refractivity contribution in [2.75, 3.05) is 33.0 Å². The van der Waals surface area contributed by atoms with E-state index in [4.69, 9.17) is 23.6 Å². The molecule has 0 aliphatic heterocycles. The van der Waals surface area contributed by atoms with Crippen molar-refractivity contribution in [2.24, 2.45) is 0 Å². The summed E-state index contributed by atoms with van der Waals surface area (Å²) in [4.78, 5) is 22.7. The zero-order valence-electron chi connectivity index (χ0n) is 39.6. The number of hydrogen-bond acceptors (Lipinski definition) is 8. The number of phosphoric acid groups is 1. The second-order valence-electron chi connectivity index (χ2n) is 16.5. The zero-order chi connectivity index (χ0) is 45.3. The van der Waals surface area contributed by atoms with Crippen LogP contribution in [0.4, 0.5) is 0 Å². The molecule has 3 atom stereocenters. The third-order valence-electron chi connectivity index (χ3n) is 10.4. The van der Waals surface area contributed by atoms with Crippen LogP contribution in [0.5, 0.6) is 0 Å². The lowest BCUT2D eigenvalue weighted by Gasteiger charge is -2.20. The van der Waals surface area contributed by atoms with Crippen molar-refractivity contribution in [1.82, 2.24) is 0 Å². The fraction of sp³-hybridized carbons (Fsp3) is 0.750. The molecule has 360 valence electrons. The topological polar surface area (TPSA) is 132 Å². The molecule has 0 aromatic carbocycles. The Morgan fingerprint density at radius 2 is 0.871 bits per heavy atom. The molecule has 0 aromatic rings. The smallest absolute Gasteiger partial charge is 0.457 e. The van der Waals surface area contributed by atoms with Gasteiger partial charge in [-0.05, 0) is 89.9 Å². The van der Waals surface area contributed by atoms with Gasteiger partial charge in [0.2, 0.25) is 0 Å². The van der Waals surface area contributed by atoms with Crippen molar-refractivity contribution < 1.29 is 43.0 Å². The van der Waals surface area contributed by atoms with Gasteiger partial charge >= 0.3 is 13.8 Å². The van der Waals surface area contributed by atoms with Crippen molar-refractivity contribution in [3.8, 4) is 0 Å². The van der Waals surface area contributed by atoms with Gasteiger partial charge in [-0.25, -0.2) is 4.57 Å². The van der Waals surface area contributed by atoms with Crippen molar-refractivity contribution >= 4 is 13.8 Å². The second-order valence-corrected chi connectivity index (χ2v) is 17.9. The molecule has 0 aliphatic rings. The van der Waals surface area contributed by atoms with E-state index >= 15 is 0 Å². The predicted molar refractivity (Wildman–Crippen MR) is 260 cm³/mol. The lowest BCUT2D eigenvalue weighted by molar-refractivity contribution is -0.154. The van der Waals surface area contributed by atoms with Crippen LogP contribution in [0, 0.1) is 0 Å². The number of rotatable bonds is 47. The van der Waals surface area contributed by atoms with E-state index in [1.165, 1.54) is 89.9 Å². The number of unbranched alkanes of at least 4 members (excludes halogenated alkanes) is 21. The summed E-state index contributed by atoms with van der Waals surface area (Å²) >= 11 is 0. The molecule has 10 heteroatoms. The normalized spacial score (nSPS) is 14.5. The fourth-order valence-corrected chi connectivity index (χ4v) is 7.34. The Labute approximate surface area is 380 Å². The molecule has 0 amide bonds. The second kappa shape index (κ2) is 48.4. The monoisotopic (exact) mass is 893 g/mol. The molecule has 0 heterocycles. The molecule has 0 rings (SSSR count). The molecule has 3 N–H and O–H groups in total. The summed E-state index contributed by atoms with van der Waals surface area (Å²) in [5.74, 6) is -0.400. The molecule has 9 nitrogen and oxygen atoms in total. The van der Waals surface area contributed by atoms with Gasteiger partial charge in [0, 0.05) is 13.0 Å². The average Bonchev–Trinajstić information content (AvgIpc) is 3.26. The minimum Gasteiger partial charge on any atom is -0.457 e. The lowest BCUT2D eigenvalue weighted by atomic mass is 10.1. The molecule has 0 fully saturated rings. The highest BCUT2D eigenvalue weighted by atomic mass is 31.2. The molecule has 0 spiro atoms.